The molecule has 206 valence electrons. The summed E-state index contributed by atoms with van der Waals surface area (Å²) in [7, 11) is 0. The molecule has 0 amide bonds. The van der Waals surface area contributed by atoms with Gasteiger partial charge in [-0.3, -0.25) is 0 Å². The molecule has 0 bridgehead atoms. The van der Waals surface area contributed by atoms with E-state index in [9.17, 15) is 0 Å². The van der Waals surface area contributed by atoms with Crippen LogP contribution in [0.3, 0.4) is 0 Å². The Morgan fingerprint density at radius 2 is 0.412 bits per heavy atom. The SMILES string of the molecule is CCCCCCCCCCCCCCCCCCC(CCCCC)CCCCCCCCCC. The molecule has 0 saturated heterocycles. The molecule has 0 N–H and O–H groups in total. The van der Waals surface area contributed by atoms with Crippen molar-refractivity contribution in [2.75, 3.05) is 0 Å². The molecule has 0 aliphatic rings. The van der Waals surface area contributed by atoms with Crippen LogP contribution >= 0.6 is 0 Å². The zero-order valence-corrected chi connectivity index (χ0v) is 24.8. The fourth-order valence-corrected chi connectivity index (χ4v) is 5.66. The molecule has 0 aromatic carbocycles. The van der Waals surface area contributed by atoms with Gasteiger partial charge in [0, 0.05) is 0 Å². The van der Waals surface area contributed by atoms with Gasteiger partial charge in [-0.2, -0.15) is 0 Å². The first-order valence-corrected chi connectivity index (χ1v) is 16.8. The molecule has 0 nitrogen and oxygen atoms in total. The maximum absolute atomic E-state index is 2.35. The van der Waals surface area contributed by atoms with Gasteiger partial charge in [0.05, 0.1) is 0 Å². The molecule has 0 aromatic heterocycles. The van der Waals surface area contributed by atoms with Crippen molar-refractivity contribution in [2.24, 2.45) is 5.92 Å². The van der Waals surface area contributed by atoms with Gasteiger partial charge in [0.1, 0.15) is 0 Å². The molecule has 0 radical (unpaired) electrons. The molecule has 0 aliphatic carbocycles. The van der Waals surface area contributed by atoms with Gasteiger partial charge in [-0.05, 0) is 5.92 Å². The number of rotatable bonds is 30. The molecule has 0 rings (SSSR count). The highest BCUT2D eigenvalue weighted by molar-refractivity contribution is 4.62. The van der Waals surface area contributed by atoms with Crippen LogP contribution in [-0.4, -0.2) is 0 Å². The second-order valence-corrected chi connectivity index (χ2v) is 11.7. The van der Waals surface area contributed by atoms with E-state index in [0.717, 1.165) is 5.92 Å². The lowest BCUT2D eigenvalue weighted by Gasteiger charge is -2.17. The van der Waals surface area contributed by atoms with E-state index >= 15 is 0 Å². The molecule has 0 heteroatoms. The van der Waals surface area contributed by atoms with Crippen molar-refractivity contribution < 1.29 is 0 Å². The molecule has 1 unspecified atom stereocenters. The summed E-state index contributed by atoms with van der Waals surface area (Å²) >= 11 is 0. The lowest BCUT2D eigenvalue weighted by Crippen LogP contribution is -2.01. The Balaban J connectivity index is 3.51. The summed E-state index contributed by atoms with van der Waals surface area (Å²) in [6, 6.07) is 0. The van der Waals surface area contributed by atoms with Gasteiger partial charge >= 0.3 is 0 Å². The highest BCUT2D eigenvalue weighted by Gasteiger charge is 2.08. The van der Waals surface area contributed by atoms with Crippen LogP contribution in [0, 0.1) is 5.92 Å². The lowest BCUT2D eigenvalue weighted by atomic mass is 9.89. The van der Waals surface area contributed by atoms with E-state index in [1.165, 1.54) is 193 Å². The van der Waals surface area contributed by atoms with E-state index in [0.29, 0.717) is 0 Å². The van der Waals surface area contributed by atoms with Crippen molar-refractivity contribution >= 4 is 0 Å². The van der Waals surface area contributed by atoms with E-state index < -0.39 is 0 Å². The highest BCUT2D eigenvalue weighted by Crippen LogP contribution is 2.24. The normalized spacial score (nSPS) is 12.4. The quantitative estimate of drug-likeness (QED) is 0.0900. The Morgan fingerprint density at radius 3 is 0.676 bits per heavy atom. The van der Waals surface area contributed by atoms with Crippen molar-refractivity contribution in [3.63, 3.8) is 0 Å². The van der Waals surface area contributed by atoms with Gasteiger partial charge in [-0.25, -0.2) is 0 Å². The second-order valence-electron chi connectivity index (χ2n) is 11.7. The molecule has 0 heterocycles. The predicted octanol–water partition coefficient (Wildman–Crippen LogP) is 13.4. The summed E-state index contributed by atoms with van der Waals surface area (Å²) < 4.78 is 0. The van der Waals surface area contributed by atoms with Crippen molar-refractivity contribution in [3.05, 3.63) is 0 Å². The summed E-state index contributed by atoms with van der Waals surface area (Å²) in [6.45, 7) is 6.98. The number of unbranched alkanes of at least 4 members (excludes halogenated alkanes) is 24. The topological polar surface area (TPSA) is 0 Å². The maximum atomic E-state index is 2.35. The van der Waals surface area contributed by atoms with Crippen molar-refractivity contribution in [3.8, 4) is 0 Å². The average Bonchev–Trinajstić information content (AvgIpc) is 2.85. The summed E-state index contributed by atoms with van der Waals surface area (Å²) in [6.07, 6.45) is 44.3. The minimum absolute atomic E-state index is 1.04. The summed E-state index contributed by atoms with van der Waals surface area (Å²) in [5.41, 5.74) is 0. The predicted molar refractivity (Wildman–Crippen MR) is 159 cm³/mol. The molecule has 34 heavy (non-hydrogen) atoms. The Bertz CT molecular complexity index is 333. The second kappa shape index (κ2) is 31.0. The van der Waals surface area contributed by atoms with Crippen LogP contribution in [0.4, 0.5) is 0 Å². The van der Waals surface area contributed by atoms with Gasteiger partial charge in [0.15, 0.2) is 0 Å². The molecule has 0 aromatic rings. The zero-order chi connectivity index (χ0) is 24.8. The van der Waals surface area contributed by atoms with Gasteiger partial charge < -0.3 is 0 Å². The van der Waals surface area contributed by atoms with Crippen LogP contribution < -0.4 is 0 Å². The number of hydrogen-bond donors (Lipinski definition) is 0. The van der Waals surface area contributed by atoms with E-state index in [1.807, 2.05) is 0 Å². The van der Waals surface area contributed by atoms with Crippen LogP contribution in [0.15, 0.2) is 0 Å². The first-order valence-electron chi connectivity index (χ1n) is 16.8. The summed E-state index contributed by atoms with van der Waals surface area (Å²) in [4.78, 5) is 0. The minimum atomic E-state index is 1.04. The number of hydrogen-bond acceptors (Lipinski definition) is 0. The fraction of sp³-hybridized carbons (Fsp3) is 1.00. The van der Waals surface area contributed by atoms with Gasteiger partial charge in [-0.1, -0.05) is 213 Å². The van der Waals surface area contributed by atoms with Crippen LogP contribution in [-0.2, 0) is 0 Å². The van der Waals surface area contributed by atoms with Crippen molar-refractivity contribution in [1.29, 1.82) is 0 Å². The van der Waals surface area contributed by atoms with Crippen molar-refractivity contribution in [1.82, 2.24) is 0 Å². The Morgan fingerprint density at radius 1 is 0.235 bits per heavy atom. The largest absolute Gasteiger partial charge is 0.0654 e. The third kappa shape index (κ3) is 28.2. The molecule has 0 saturated carbocycles. The lowest BCUT2D eigenvalue weighted by molar-refractivity contribution is 0.367. The highest BCUT2D eigenvalue weighted by atomic mass is 14.1. The monoisotopic (exact) mass is 479 g/mol. The van der Waals surface area contributed by atoms with Crippen LogP contribution in [0.25, 0.3) is 0 Å². The molecular weight excluding hydrogens is 408 g/mol. The van der Waals surface area contributed by atoms with Crippen molar-refractivity contribution in [2.45, 2.75) is 213 Å². The maximum Gasteiger partial charge on any atom is -0.0414 e. The summed E-state index contributed by atoms with van der Waals surface area (Å²) in [5, 5.41) is 0. The zero-order valence-electron chi connectivity index (χ0n) is 24.8. The minimum Gasteiger partial charge on any atom is -0.0654 e. The third-order valence-electron chi connectivity index (χ3n) is 8.15. The van der Waals surface area contributed by atoms with Gasteiger partial charge in [-0.15, -0.1) is 0 Å². The molecule has 0 fully saturated rings. The van der Waals surface area contributed by atoms with Crippen LogP contribution in [0.5, 0.6) is 0 Å². The third-order valence-corrected chi connectivity index (χ3v) is 8.15. The molecular formula is C34H70. The van der Waals surface area contributed by atoms with E-state index in [-0.39, 0.29) is 0 Å². The smallest absolute Gasteiger partial charge is 0.0414 e. The first-order chi connectivity index (χ1) is 16.8. The first kappa shape index (κ1) is 34.0. The fourth-order valence-electron chi connectivity index (χ4n) is 5.66. The Hall–Kier alpha value is 0. The Kier molecular flexibility index (Phi) is 31.0. The van der Waals surface area contributed by atoms with Gasteiger partial charge in [0.2, 0.25) is 0 Å². The van der Waals surface area contributed by atoms with Crippen LogP contribution in [0.2, 0.25) is 0 Å². The molecule has 1 atom stereocenters. The van der Waals surface area contributed by atoms with Gasteiger partial charge in [0.25, 0.3) is 0 Å². The standard InChI is InChI=1S/C34H70/c1-4-7-10-12-14-16-17-18-19-20-21-22-23-25-27-30-33-34(31-28-9-6-3)32-29-26-24-15-13-11-8-5-2/h34H,4-33H2,1-3H3. The van der Waals surface area contributed by atoms with E-state index in [1.54, 1.807) is 0 Å². The van der Waals surface area contributed by atoms with Crippen LogP contribution in [0.1, 0.15) is 213 Å². The molecule has 0 spiro atoms. The Labute approximate surface area is 219 Å². The van der Waals surface area contributed by atoms with E-state index in [4.69, 9.17) is 0 Å². The molecule has 0 aliphatic heterocycles. The average molecular weight is 479 g/mol. The van der Waals surface area contributed by atoms with E-state index in [2.05, 4.69) is 20.8 Å². The summed E-state index contributed by atoms with van der Waals surface area (Å²) in [5.74, 6) is 1.04.